The van der Waals surface area contributed by atoms with Crippen LogP contribution in [0.3, 0.4) is 0 Å². The number of hydrogen-bond donors (Lipinski definition) is 0. The topological polar surface area (TPSA) is 49.6 Å². The van der Waals surface area contributed by atoms with Gasteiger partial charge in [-0.2, -0.15) is 0 Å². The van der Waals surface area contributed by atoms with Gasteiger partial charge in [0.2, 0.25) is 6.20 Å². The van der Waals surface area contributed by atoms with Crippen molar-refractivity contribution >= 4 is 9.39 Å². The van der Waals surface area contributed by atoms with Crippen molar-refractivity contribution in [3.05, 3.63) is 22.5 Å². The third-order valence-corrected chi connectivity index (χ3v) is 2.26. The number of rotatable bonds is 2. The maximum atomic E-state index is 9.98. The minimum Gasteiger partial charge on any atom is -0.370 e. The second-order valence-corrected chi connectivity index (χ2v) is 3.39. The Morgan fingerprint density at radius 1 is 1.33 bits per heavy atom. The van der Waals surface area contributed by atoms with Crippen LogP contribution < -0.4 is 0 Å². The molecule has 1 rings (SSSR count). The molecule has 0 aromatic heterocycles. The molecule has 12 heavy (non-hydrogen) atoms. The van der Waals surface area contributed by atoms with E-state index < -0.39 is 4.92 Å². The van der Waals surface area contributed by atoms with E-state index in [1.807, 2.05) is 4.90 Å². The number of nitro groups is 1. The summed E-state index contributed by atoms with van der Waals surface area (Å²) in [7, 11) is 2.63. The molecule has 0 aromatic carbocycles. The minimum atomic E-state index is -0.437. The van der Waals surface area contributed by atoms with Crippen molar-refractivity contribution < 1.29 is 4.92 Å². The van der Waals surface area contributed by atoms with Gasteiger partial charge < -0.3 is 4.90 Å². The summed E-state index contributed by atoms with van der Waals surface area (Å²) in [4.78, 5) is 11.5. The molecule has 0 bridgehead atoms. The van der Waals surface area contributed by atoms with E-state index >= 15 is 0 Å². The third kappa shape index (κ3) is 3.15. The third-order valence-electron chi connectivity index (χ3n) is 1.75. The average Bonchev–Trinajstić information content (AvgIpc) is 2.03. The second kappa shape index (κ2) is 4.38. The summed E-state index contributed by atoms with van der Waals surface area (Å²) in [6, 6.07) is 0. The Hall–Kier alpha value is -0.670. The molecular weight excluding hydrogens is 177 g/mol. The van der Waals surface area contributed by atoms with E-state index in [0.717, 1.165) is 32.4 Å². The van der Waals surface area contributed by atoms with E-state index in [9.17, 15) is 10.1 Å². The molecule has 0 saturated carbocycles. The van der Waals surface area contributed by atoms with Crippen LogP contribution in [-0.4, -0.2) is 40.7 Å². The first kappa shape index (κ1) is 9.42. The first-order valence-corrected chi connectivity index (χ1v) is 4.25. The standard InChI is InChI=1S/C6H12N3O2P/c10-9(11)6-3-7-1-4-8(12)5-2-7/h3,6H,1-2,4-5,12H2/b6-3-. The van der Waals surface area contributed by atoms with Crippen molar-refractivity contribution in [2.45, 2.75) is 0 Å². The van der Waals surface area contributed by atoms with Gasteiger partial charge in [0.15, 0.2) is 0 Å². The molecule has 68 valence electrons. The van der Waals surface area contributed by atoms with Crippen molar-refractivity contribution in [1.82, 2.24) is 9.57 Å². The lowest BCUT2D eigenvalue weighted by Crippen LogP contribution is -2.39. The van der Waals surface area contributed by atoms with E-state index in [1.54, 1.807) is 0 Å². The van der Waals surface area contributed by atoms with Crippen molar-refractivity contribution in [2.75, 3.05) is 26.2 Å². The van der Waals surface area contributed by atoms with Gasteiger partial charge in [-0.15, -0.1) is 0 Å². The molecule has 1 atom stereocenters. The molecule has 5 nitrogen and oxygen atoms in total. The minimum absolute atomic E-state index is 0.437. The average molecular weight is 189 g/mol. The largest absolute Gasteiger partial charge is 0.370 e. The van der Waals surface area contributed by atoms with Crippen LogP contribution in [0.2, 0.25) is 0 Å². The van der Waals surface area contributed by atoms with Gasteiger partial charge in [-0.3, -0.25) is 14.8 Å². The summed E-state index contributed by atoms with van der Waals surface area (Å²) in [5.41, 5.74) is 0. The molecule has 0 amide bonds. The van der Waals surface area contributed by atoms with Gasteiger partial charge in [0.1, 0.15) is 0 Å². The molecule has 1 unspecified atom stereocenters. The summed E-state index contributed by atoms with van der Waals surface area (Å²) >= 11 is 0. The van der Waals surface area contributed by atoms with E-state index in [1.165, 1.54) is 6.20 Å². The lowest BCUT2D eigenvalue weighted by Gasteiger charge is -2.30. The first-order chi connectivity index (χ1) is 5.68. The summed E-state index contributed by atoms with van der Waals surface area (Å²) in [6.07, 6.45) is 2.52. The molecule has 1 heterocycles. The first-order valence-electron chi connectivity index (χ1n) is 3.74. The van der Waals surface area contributed by atoms with Crippen LogP contribution in [0, 0.1) is 10.1 Å². The fraction of sp³-hybridized carbons (Fsp3) is 0.667. The SMILES string of the molecule is O=[N+]([O-])/C=C\N1CCN(P)CC1. The molecule has 0 aromatic rings. The molecule has 0 N–H and O–H groups in total. The molecule has 1 saturated heterocycles. The normalized spacial score (nSPS) is 20.2. The molecular formula is C6H12N3O2P. The number of hydrogen-bond acceptors (Lipinski definition) is 4. The second-order valence-electron chi connectivity index (χ2n) is 2.66. The smallest absolute Gasteiger partial charge is 0.250 e. The Morgan fingerprint density at radius 3 is 2.42 bits per heavy atom. The Balaban J connectivity index is 2.30. The molecule has 1 aliphatic rings. The number of nitrogens with zero attached hydrogens (tertiary/aromatic N) is 3. The fourth-order valence-corrected chi connectivity index (χ4v) is 1.27. The van der Waals surface area contributed by atoms with Gasteiger partial charge in [0.25, 0.3) is 0 Å². The highest BCUT2D eigenvalue weighted by atomic mass is 31.0. The van der Waals surface area contributed by atoms with Gasteiger partial charge in [-0.05, 0) is 0 Å². The van der Waals surface area contributed by atoms with E-state index in [0.29, 0.717) is 0 Å². The zero-order valence-corrected chi connectivity index (χ0v) is 7.87. The monoisotopic (exact) mass is 189 g/mol. The maximum absolute atomic E-state index is 9.98. The summed E-state index contributed by atoms with van der Waals surface area (Å²) in [5.74, 6) is 0. The van der Waals surface area contributed by atoms with E-state index in [-0.39, 0.29) is 0 Å². The fourth-order valence-electron chi connectivity index (χ4n) is 1.04. The van der Waals surface area contributed by atoms with Crippen LogP contribution in [0.4, 0.5) is 0 Å². The van der Waals surface area contributed by atoms with Gasteiger partial charge in [-0.1, -0.05) is 9.39 Å². The molecule has 0 aliphatic carbocycles. The predicted octanol–water partition coefficient (Wildman–Crippen LogP) is 0.142. The molecule has 0 radical (unpaired) electrons. The van der Waals surface area contributed by atoms with E-state index in [4.69, 9.17) is 0 Å². The van der Waals surface area contributed by atoms with Crippen molar-refractivity contribution in [3.63, 3.8) is 0 Å². The van der Waals surface area contributed by atoms with Crippen LogP contribution in [0.5, 0.6) is 0 Å². The predicted molar refractivity (Wildman–Crippen MR) is 49.0 cm³/mol. The highest BCUT2D eigenvalue weighted by Gasteiger charge is 2.10. The quantitative estimate of drug-likeness (QED) is 0.352. The van der Waals surface area contributed by atoms with Crippen LogP contribution >= 0.6 is 9.39 Å². The van der Waals surface area contributed by atoms with Crippen LogP contribution in [0.25, 0.3) is 0 Å². The Kier molecular flexibility index (Phi) is 3.44. The molecule has 1 aliphatic heterocycles. The molecule has 0 spiro atoms. The lowest BCUT2D eigenvalue weighted by atomic mass is 10.4. The highest BCUT2D eigenvalue weighted by Crippen LogP contribution is 2.05. The van der Waals surface area contributed by atoms with Crippen LogP contribution in [-0.2, 0) is 0 Å². The number of piperazine rings is 1. The summed E-state index contributed by atoms with van der Waals surface area (Å²) in [6.45, 7) is 3.58. The highest BCUT2D eigenvalue weighted by molar-refractivity contribution is 7.13. The van der Waals surface area contributed by atoms with Gasteiger partial charge in [0.05, 0.1) is 11.1 Å². The summed E-state index contributed by atoms with van der Waals surface area (Å²) in [5, 5.41) is 9.98. The maximum Gasteiger partial charge on any atom is 0.250 e. The van der Waals surface area contributed by atoms with Gasteiger partial charge in [0, 0.05) is 26.2 Å². The summed E-state index contributed by atoms with van der Waals surface area (Å²) < 4.78 is 2.12. The zero-order valence-electron chi connectivity index (χ0n) is 6.72. The molecule has 6 heteroatoms. The Morgan fingerprint density at radius 2 is 1.92 bits per heavy atom. The van der Waals surface area contributed by atoms with Gasteiger partial charge >= 0.3 is 0 Å². The van der Waals surface area contributed by atoms with Crippen molar-refractivity contribution in [2.24, 2.45) is 0 Å². The lowest BCUT2D eigenvalue weighted by molar-refractivity contribution is -0.403. The zero-order chi connectivity index (χ0) is 8.97. The van der Waals surface area contributed by atoms with Crippen LogP contribution in [0.15, 0.2) is 12.4 Å². The Labute approximate surface area is 73.4 Å². The van der Waals surface area contributed by atoms with Crippen LogP contribution in [0.1, 0.15) is 0 Å². The van der Waals surface area contributed by atoms with Crippen molar-refractivity contribution in [1.29, 1.82) is 0 Å². The Bertz CT molecular complexity index is 189. The van der Waals surface area contributed by atoms with Crippen molar-refractivity contribution in [3.8, 4) is 0 Å². The van der Waals surface area contributed by atoms with Gasteiger partial charge in [-0.25, -0.2) is 0 Å². The van der Waals surface area contributed by atoms with E-state index in [2.05, 4.69) is 14.1 Å². The molecule has 1 fully saturated rings.